The van der Waals surface area contributed by atoms with Gasteiger partial charge in [0.2, 0.25) is 0 Å². The maximum atomic E-state index is 13.0. The van der Waals surface area contributed by atoms with Gasteiger partial charge in [0.25, 0.3) is 6.01 Å². The Morgan fingerprint density at radius 2 is 2.39 bits per heavy atom. The molecule has 3 rings (SSSR count). The van der Waals surface area contributed by atoms with E-state index in [0.717, 1.165) is 25.0 Å². The van der Waals surface area contributed by atoms with Crippen LogP contribution in [-0.2, 0) is 0 Å². The molecule has 1 aliphatic rings. The minimum Gasteiger partial charge on any atom is -0.465 e. The second-order valence-corrected chi connectivity index (χ2v) is 4.70. The van der Waals surface area contributed by atoms with Gasteiger partial charge in [-0.2, -0.15) is 4.98 Å². The molecule has 1 saturated heterocycles. The molecule has 18 heavy (non-hydrogen) atoms. The van der Waals surface area contributed by atoms with E-state index in [9.17, 15) is 4.39 Å². The molecule has 0 saturated carbocycles. The van der Waals surface area contributed by atoms with E-state index in [0.29, 0.717) is 24.1 Å². The van der Waals surface area contributed by atoms with E-state index in [1.165, 1.54) is 18.6 Å². The highest BCUT2D eigenvalue weighted by atomic mass is 19.1. The Hall–Kier alpha value is -1.62. The number of aromatic amines is 1. The molecule has 2 aromatic rings. The van der Waals surface area contributed by atoms with Gasteiger partial charge in [-0.3, -0.25) is 0 Å². The summed E-state index contributed by atoms with van der Waals surface area (Å²) >= 11 is 0. The molecule has 1 atom stereocenters. The third kappa shape index (κ3) is 2.46. The number of aromatic nitrogens is 2. The normalized spacial score (nSPS) is 19.5. The van der Waals surface area contributed by atoms with Gasteiger partial charge in [0.15, 0.2) is 0 Å². The summed E-state index contributed by atoms with van der Waals surface area (Å²) < 4.78 is 18.6. The van der Waals surface area contributed by atoms with Crippen molar-refractivity contribution in [1.29, 1.82) is 0 Å². The number of nitrogens with one attached hydrogen (secondary N) is 2. The summed E-state index contributed by atoms with van der Waals surface area (Å²) in [5.41, 5.74) is 1.40. The minimum absolute atomic E-state index is 0.269. The van der Waals surface area contributed by atoms with Gasteiger partial charge < -0.3 is 15.0 Å². The smallest absolute Gasteiger partial charge is 0.294 e. The number of hydrogen-bond donors (Lipinski definition) is 2. The quantitative estimate of drug-likeness (QED) is 0.872. The highest BCUT2D eigenvalue weighted by Crippen LogP contribution is 2.18. The van der Waals surface area contributed by atoms with Crippen LogP contribution in [0, 0.1) is 11.7 Å². The Morgan fingerprint density at radius 3 is 3.22 bits per heavy atom. The first-order valence-corrected chi connectivity index (χ1v) is 6.30. The summed E-state index contributed by atoms with van der Waals surface area (Å²) in [6.07, 6.45) is 2.24. The number of benzene rings is 1. The number of fused-ring (bicyclic) bond motifs is 1. The van der Waals surface area contributed by atoms with Gasteiger partial charge in [0.05, 0.1) is 17.6 Å². The number of rotatable bonds is 4. The second-order valence-electron chi connectivity index (χ2n) is 4.70. The summed E-state index contributed by atoms with van der Waals surface area (Å²) in [6, 6.07) is 4.95. The van der Waals surface area contributed by atoms with E-state index in [1.807, 2.05) is 0 Å². The molecule has 4 nitrogen and oxygen atoms in total. The van der Waals surface area contributed by atoms with Crippen LogP contribution in [0.1, 0.15) is 12.8 Å². The summed E-state index contributed by atoms with van der Waals surface area (Å²) in [5.74, 6) is 0.432. The fourth-order valence-corrected chi connectivity index (χ4v) is 2.31. The average Bonchev–Trinajstić information content (AvgIpc) is 2.97. The summed E-state index contributed by atoms with van der Waals surface area (Å²) in [5, 5.41) is 3.33. The SMILES string of the molecule is Fc1ccc2nc(OCCC3CCNC3)[nH]c2c1. The Kier molecular flexibility index (Phi) is 3.15. The second kappa shape index (κ2) is 4.94. The van der Waals surface area contributed by atoms with Crippen molar-refractivity contribution in [3.63, 3.8) is 0 Å². The van der Waals surface area contributed by atoms with Crippen LogP contribution in [0.3, 0.4) is 0 Å². The molecule has 0 radical (unpaired) electrons. The Bertz CT molecular complexity index is 534. The molecule has 96 valence electrons. The van der Waals surface area contributed by atoms with Crippen LogP contribution in [0.25, 0.3) is 11.0 Å². The number of imidazole rings is 1. The van der Waals surface area contributed by atoms with E-state index in [1.54, 1.807) is 6.07 Å². The first-order valence-electron chi connectivity index (χ1n) is 6.30. The molecule has 1 aromatic carbocycles. The highest BCUT2D eigenvalue weighted by Gasteiger charge is 2.14. The van der Waals surface area contributed by atoms with Crippen molar-refractivity contribution in [1.82, 2.24) is 15.3 Å². The lowest BCUT2D eigenvalue weighted by atomic mass is 10.1. The predicted octanol–water partition coefficient (Wildman–Crippen LogP) is 2.08. The van der Waals surface area contributed by atoms with E-state index < -0.39 is 0 Å². The molecule has 2 heterocycles. The maximum Gasteiger partial charge on any atom is 0.294 e. The molecule has 2 N–H and O–H groups in total. The van der Waals surface area contributed by atoms with Crippen molar-refractivity contribution in [2.45, 2.75) is 12.8 Å². The van der Waals surface area contributed by atoms with Crippen LogP contribution in [0.15, 0.2) is 18.2 Å². The molecule has 0 spiro atoms. The Labute approximate surface area is 105 Å². The van der Waals surface area contributed by atoms with Crippen LogP contribution in [-0.4, -0.2) is 29.7 Å². The molecule has 1 aliphatic heterocycles. The molecule has 0 bridgehead atoms. The molecular formula is C13H16FN3O. The van der Waals surface area contributed by atoms with E-state index in [-0.39, 0.29) is 5.82 Å². The van der Waals surface area contributed by atoms with Gasteiger partial charge >= 0.3 is 0 Å². The van der Waals surface area contributed by atoms with Crippen LogP contribution in [0.5, 0.6) is 6.01 Å². The third-order valence-corrected chi connectivity index (χ3v) is 3.35. The lowest BCUT2D eigenvalue weighted by Crippen LogP contribution is -2.11. The molecule has 0 amide bonds. The molecule has 0 aliphatic carbocycles. The zero-order valence-corrected chi connectivity index (χ0v) is 10.1. The molecule has 1 fully saturated rings. The highest BCUT2D eigenvalue weighted by molar-refractivity contribution is 5.75. The maximum absolute atomic E-state index is 13.0. The van der Waals surface area contributed by atoms with E-state index in [4.69, 9.17) is 4.74 Å². The average molecular weight is 249 g/mol. The van der Waals surface area contributed by atoms with Gasteiger partial charge in [0, 0.05) is 0 Å². The van der Waals surface area contributed by atoms with Crippen molar-refractivity contribution < 1.29 is 9.13 Å². The van der Waals surface area contributed by atoms with Crippen molar-refractivity contribution >= 4 is 11.0 Å². The molecule has 1 aromatic heterocycles. The van der Waals surface area contributed by atoms with Gasteiger partial charge in [0.1, 0.15) is 5.82 Å². The summed E-state index contributed by atoms with van der Waals surface area (Å²) in [4.78, 5) is 7.23. The Morgan fingerprint density at radius 1 is 1.44 bits per heavy atom. The number of nitrogens with zero attached hydrogens (tertiary/aromatic N) is 1. The van der Waals surface area contributed by atoms with E-state index in [2.05, 4.69) is 15.3 Å². The van der Waals surface area contributed by atoms with Crippen molar-refractivity contribution in [3.05, 3.63) is 24.0 Å². The number of ether oxygens (including phenoxy) is 1. The first-order chi connectivity index (χ1) is 8.81. The zero-order chi connectivity index (χ0) is 12.4. The summed E-state index contributed by atoms with van der Waals surface area (Å²) in [7, 11) is 0. The van der Waals surface area contributed by atoms with Crippen LogP contribution in [0.2, 0.25) is 0 Å². The third-order valence-electron chi connectivity index (χ3n) is 3.35. The van der Waals surface area contributed by atoms with E-state index >= 15 is 0 Å². The fourth-order valence-electron chi connectivity index (χ4n) is 2.31. The van der Waals surface area contributed by atoms with Crippen LogP contribution >= 0.6 is 0 Å². The van der Waals surface area contributed by atoms with Crippen molar-refractivity contribution in [2.75, 3.05) is 19.7 Å². The lowest BCUT2D eigenvalue weighted by Gasteiger charge is -2.07. The molecule has 1 unspecified atom stereocenters. The lowest BCUT2D eigenvalue weighted by molar-refractivity contribution is 0.267. The molecular weight excluding hydrogens is 233 g/mol. The predicted molar refractivity (Wildman–Crippen MR) is 67.1 cm³/mol. The van der Waals surface area contributed by atoms with Crippen molar-refractivity contribution in [2.24, 2.45) is 5.92 Å². The first kappa shape index (κ1) is 11.5. The topological polar surface area (TPSA) is 49.9 Å². The monoisotopic (exact) mass is 249 g/mol. The summed E-state index contributed by atoms with van der Waals surface area (Å²) in [6.45, 7) is 2.83. The van der Waals surface area contributed by atoms with Crippen molar-refractivity contribution in [3.8, 4) is 6.01 Å². The fraction of sp³-hybridized carbons (Fsp3) is 0.462. The standard InChI is InChI=1S/C13H16FN3O/c14-10-1-2-11-12(7-10)17-13(16-11)18-6-4-9-3-5-15-8-9/h1-2,7,9,15H,3-6,8H2,(H,16,17). The number of H-pyrrole nitrogens is 1. The minimum atomic E-state index is -0.269. The van der Waals surface area contributed by atoms with Gasteiger partial charge in [-0.05, 0) is 50.0 Å². The number of hydrogen-bond acceptors (Lipinski definition) is 3. The zero-order valence-electron chi connectivity index (χ0n) is 10.1. The van der Waals surface area contributed by atoms with Crippen LogP contribution < -0.4 is 10.1 Å². The Balaban J connectivity index is 1.60. The van der Waals surface area contributed by atoms with Crippen LogP contribution in [0.4, 0.5) is 4.39 Å². The van der Waals surface area contributed by atoms with Gasteiger partial charge in [-0.1, -0.05) is 0 Å². The molecule has 5 heteroatoms. The largest absolute Gasteiger partial charge is 0.465 e. The van der Waals surface area contributed by atoms with Gasteiger partial charge in [-0.25, -0.2) is 4.39 Å². The number of halogens is 1. The van der Waals surface area contributed by atoms with Gasteiger partial charge in [-0.15, -0.1) is 0 Å².